The van der Waals surface area contributed by atoms with Crippen molar-refractivity contribution >= 4 is 11.6 Å². The molecule has 2 heterocycles. The largest absolute Gasteiger partial charge is 0.495 e. The van der Waals surface area contributed by atoms with Crippen LogP contribution in [-0.4, -0.2) is 69.9 Å². The molecule has 1 atom stereocenters. The molecule has 2 fully saturated rings. The summed E-state index contributed by atoms with van der Waals surface area (Å²) >= 11 is 0. The van der Waals surface area contributed by atoms with Crippen LogP contribution in [0.25, 0.3) is 0 Å². The van der Waals surface area contributed by atoms with Gasteiger partial charge in [0.05, 0.1) is 26.0 Å². The minimum absolute atomic E-state index is 0.152. The van der Waals surface area contributed by atoms with Gasteiger partial charge in [-0.05, 0) is 12.1 Å². The lowest BCUT2D eigenvalue weighted by Crippen LogP contribution is -2.57. The predicted octanol–water partition coefficient (Wildman–Crippen LogP) is 0.332. The van der Waals surface area contributed by atoms with Crippen molar-refractivity contribution in [3.8, 4) is 5.75 Å². The normalized spacial score (nSPS) is 22.5. The van der Waals surface area contributed by atoms with Gasteiger partial charge in [0.15, 0.2) is 0 Å². The van der Waals surface area contributed by atoms with E-state index in [0.29, 0.717) is 13.2 Å². The predicted molar refractivity (Wildman–Crippen MR) is 84.4 cm³/mol. The Balaban J connectivity index is 1.59. The van der Waals surface area contributed by atoms with Crippen molar-refractivity contribution < 1.29 is 14.3 Å². The maximum absolute atomic E-state index is 12.5. The van der Waals surface area contributed by atoms with Gasteiger partial charge in [-0.25, -0.2) is 0 Å². The van der Waals surface area contributed by atoms with Gasteiger partial charge in [0.1, 0.15) is 11.8 Å². The number of morpholine rings is 1. The van der Waals surface area contributed by atoms with Crippen molar-refractivity contribution in [2.75, 3.05) is 57.9 Å². The third-order valence-electron chi connectivity index (χ3n) is 4.24. The SMILES string of the molecule is COc1ccccc1N1CCN(C(=O)[C@@H]2COCCN2)CC1. The molecule has 0 aliphatic carbocycles. The van der Waals surface area contributed by atoms with Crippen LogP contribution in [0.2, 0.25) is 0 Å². The average Bonchev–Trinajstić information content (AvgIpc) is 2.62. The molecule has 1 aromatic carbocycles. The molecule has 0 saturated carbocycles. The fourth-order valence-corrected chi connectivity index (χ4v) is 3.00. The van der Waals surface area contributed by atoms with Crippen LogP contribution in [0.5, 0.6) is 5.75 Å². The Bertz CT molecular complexity index is 509. The maximum atomic E-state index is 12.5. The van der Waals surface area contributed by atoms with Crippen molar-refractivity contribution in [1.82, 2.24) is 10.2 Å². The topological polar surface area (TPSA) is 54.0 Å². The van der Waals surface area contributed by atoms with Crippen LogP contribution in [0.3, 0.4) is 0 Å². The van der Waals surface area contributed by atoms with E-state index in [1.165, 1.54) is 0 Å². The minimum atomic E-state index is -0.188. The Kier molecular flexibility index (Phi) is 4.80. The van der Waals surface area contributed by atoms with Crippen molar-refractivity contribution in [3.63, 3.8) is 0 Å². The molecule has 0 unspecified atom stereocenters. The molecule has 1 amide bonds. The van der Waals surface area contributed by atoms with Gasteiger partial charge in [-0.3, -0.25) is 4.79 Å². The smallest absolute Gasteiger partial charge is 0.242 e. The first-order valence-electron chi connectivity index (χ1n) is 7.77. The van der Waals surface area contributed by atoms with Crippen LogP contribution in [0.1, 0.15) is 0 Å². The third-order valence-corrected chi connectivity index (χ3v) is 4.24. The molecule has 1 aromatic rings. The van der Waals surface area contributed by atoms with E-state index in [4.69, 9.17) is 9.47 Å². The number of methoxy groups -OCH3 is 1. The Morgan fingerprint density at radius 1 is 1.27 bits per heavy atom. The average molecular weight is 305 g/mol. The van der Waals surface area contributed by atoms with E-state index in [1.54, 1.807) is 7.11 Å². The summed E-state index contributed by atoms with van der Waals surface area (Å²) in [5.74, 6) is 1.03. The molecule has 120 valence electrons. The summed E-state index contributed by atoms with van der Waals surface area (Å²) in [4.78, 5) is 16.7. The van der Waals surface area contributed by atoms with Gasteiger partial charge in [-0.2, -0.15) is 0 Å². The first kappa shape index (κ1) is 15.1. The van der Waals surface area contributed by atoms with E-state index in [1.807, 2.05) is 23.1 Å². The van der Waals surface area contributed by atoms with Crippen LogP contribution < -0.4 is 15.0 Å². The number of nitrogens with zero attached hydrogens (tertiary/aromatic N) is 2. The molecule has 3 rings (SSSR count). The lowest BCUT2D eigenvalue weighted by molar-refractivity contribution is -0.136. The Hall–Kier alpha value is -1.79. The van der Waals surface area contributed by atoms with Crippen molar-refractivity contribution in [1.29, 1.82) is 0 Å². The van der Waals surface area contributed by atoms with Crippen molar-refractivity contribution in [2.45, 2.75) is 6.04 Å². The van der Waals surface area contributed by atoms with E-state index in [0.717, 1.165) is 44.2 Å². The van der Waals surface area contributed by atoms with Crippen LogP contribution in [0, 0.1) is 0 Å². The summed E-state index contributed by atoms with van der Waals surface area (Å²) in [7, 11) is 1.69. The zero-order valence-electron chi connectivity index (χ0n) is 13.0. The molecule has 1 N–H and O–H groups in total. The van der Waals surface area contributed by atoms with Crippen molar-refractivity contribution in [2.24, 2.45) is 0 Å². The molecule has 6 nitrogen and oxygen atoms in total. The third kappa shape index (κ3) is 3.18. The Morgan fingerprint density at radius 3 is 2.73 bits per heavy atom. The highest BCUT2D eigenvalue weighted by atomic mass is 16.5. The van der Waals surface area contributed by atoms with Crippen molar-refractivity contribution in [3.05, 3.63) is 24.3 Å². The second kappa shape index (κ2) is 6.98. The van der Waals surface area contributed by atoms with Gasteiger partial charge in [-0.1, -0.05) is 12.1 Å². The highest BCUT2D eigenvalue weighted by Gasteiger charge is 2.29. The fourth-order valence-electron chi connectivity index (χ4n) is 3.00. The maximum Gasteiger partial charge on any atom is 0.242 e. The number of hydrogen-bond acceptors (Lipinski definition) is 5. The lowest BCUT2D eigenvalue weighted by atomic mass is 10.2. The highest BCUT2D eigenvalue weighted by molar-refractivity contribution is 5.82. The number of piperazine rings is 1. The number of nitrogens with one attached hydrogen (secondary N) is 1. The van der Waals surface area contributed by atoms with Gasteiger partial charge in [-0.15, -0.1) is 0 Å². The van der Waals surface area contributed by atoms with Crippen LogP contribution >= 0.6 is 0 Å². The molecule has 2 aliphatic rings. The number of anilines is 1. The molecule has 2 aliphatic heterocycles. The summed E-state index contributed by atoms with van der Waals surface area (Å²) in [5, 5.41) is 3.23. The first-order chi connectivity index (χ1) is 10.8. The quantitative estimate of drug-likeness (QED) is 0.872. The van der Waals surface area contributed by atoms with E-state index in [-0.39, 0.29) is 11.9 Å². The summed E-state index contributed by atoms with van der Waals surface area (Å²) < 4.78 is 10.8. The van der Waals surface area contributed by atoms with Crippen LogP contribution in [-0.2, 0) is 9.53 Å². The monoisotopic (exact) mass is 305 g/mol. The number of amides is 1. The molecule has 0 radical (unpaired) electrons. The second-order valence-electron chi connectivity index (χ2n) is 5.57. The molecule has 22 heavy (non-hydrogen) atoms. The number of hydrogen-bond donors (Lipinski definition) is 1. The number of ether oxygens (including phenoxy) is 2. The summed E-state index contributed by atoms with van der Waals surface area (Å²) in [6.45, 7) is 5.01. The van der Waals surface area contributed by atoms with E-state index in [2.05, 4.69) is 16.3 Å². The Morgan fingerprint density at radius 2 is 2.05 bits per heavy atom. The van der Waals surface area contributed by atoms with Gasteiger partial charge >= 0.3 is 0 Å². The van der Waals surface area contributed by atoms with Gasteiger partial charge in [0, 0.05) is 32.7 Å². The number of carbonyl (C=O) groups is 1. The molecular weight excluding hydrogens is 282 g/mol. The summed E-state index contributed by atoms with van der Waals surface area (Å²) in [6, 6.07) is 7.82. The Labute approximate surface area is 131 Å². The second-order valence-corrected chi connectivity index (χ2v) is 5.57. The molecule has 0 spiro atoms. The standard InChI is InChI=1S/C16H23N3O3/c1-21-15-5-3-2-4-14(15)18-7-9-19(10-8-18)16(20)13-12-22-11-6-17-13/h2-5,13,17H,6-12H2,1H3/t13-/m0/s1. The van der Waals surface area contributed by atoms with Gasteiger partial charge < -0.3 is 24.6 Å². The van der Waals surface area contributed by atoms with Crippen LogP contribution in [0.15, 0.2) is 24.3 Å². The molecule has 0 aromatic heterocycles. The summed E-state index contributed by atoms with van der Waals surface area (Å²) in [5.41, 5.74) is 1.09. The van der Waals surface area contributed by atoms with E-state index < -0.39 is 0 Å². The van der Waals surface area contributed by atoms with Gasteiger partial charge in [0.2, 0.25) is 5.91 Å². The lowest BCUT2D eigenvalue weighted by Gasteiger charge is -2.38. The highest BCUT2D eigenvalue weighted by Crippen LogP contribution is 2.28. The van der Waals surface area contributed by atoms with E-state index in [9.17, 15) is 4.79 Å². The first-order valence-corrected chi connectivity index (χ1v) is 7.77. The zero-order chi connectivity index (χ0) is 15.4. The fraction of sp³-hybridized carbons (Fsp3) is 0.562. The number of benzene rings is 1. The minimum Gasteiger partial charge on any atom is -0.495 e. The summed E-state index contributed by atoms with van der Waals surface area (Å²) in [6.07, 6.45) is 0. The van der Waals surface area contributed by atoms with Crippen LogP contribution in [0.4, 0.5) is 5.69 Å². The molecular formula is C16H23N3O3. The number of para-hydroxylation sites is 2. The molecule has 2 saturated heterocycles. The van der Waals surface area contributed by atoms with E-state index >= 15 is 0 Å². The molecule has 6 heteroatoms. The number of rotatable bonds is 3. The molecule has 0 bridgehead atoms. The van der Waals surface area contributed by atoms with Gasteiger partial charge in [0.25, 0.3) is 0 Å². The zero-order valence-corrected chi connectivity index (χ0v) is 13.0. The number of carbonyl (C=O) groups excluding carboxylic acids is 1.